The molecule has 1 rings (SSSR count). The first-order valence-corrected chi connectivity index (χ1v) is 5.13. The Hall–Kier alpha value is -1.87. The highest BCUT2D eigenvalue weighted by atomic mass is 19.4. The van der Waals surface area contributed by atoms with Crippen LogP contribution in [-0.2, 0) is 16.1 Å². The fourth-order valence-electron chi connectivity index (χ4n) is 1.22. The minimum atomic E-state index is -6.52. The topological polar surface area (TPSA) is 26.3 Å². The molecule has 0 aliphatic rings. The molecule has 0 spiro atoms. The standard InChI is InChI=1S/C11H6F8O2/c12-7-3-1-6(2-4-7)5-21-8(20)9(13,10(14,15)16)11(17,18)19/h1-4H,5H2. The molecule has 0 aromatic heterocycles. The van der Waals surface area contributed by atoms with E-state index >= 15 is 0 Å². The summed E-state index contributed by atoms with van der Waals surface area (Å²) < 4.78 is 103. The van der Waals surface area contributed by atoms with Crippen molar-refractivity contribution in [1.29, 1.82) is 0 Å². The third-order valence-electron chi connectivity index (χ3n) is 2.35. The van der Waals surface area contributed by atoms with Crippen LogP contribution < -0.4 is 0 Å². The van der Waals surface area contributed by atoms with Gasteiger partial charge in [0, 0.05) is 0 Å². The van der Waals surface area contributed by atoms with Gasteiger partial charge in [-0.2, -0.15) is 26.3 Å². The number of ether oxygens (including phenoxy) is 1. The van der Waals surface area contributed by atoms with E-state index in [1.54, 1.807) is 0 Å². The lowest BCUT2D eigenvalue weighted by atomic mass is 10.1. The van der Waals surface area contributed by atoms with Gasteiger partial charge in [-0.1, -0.05) is 12.1 Å². The highest BCUT2D eigenvalue weighted by Gasteiger charge is 2.78. The lowest BCUT2D eigenvalue weighted by Crippen LogP contribution is -2.59. The number of hydrogen-bond donors (Lipinski definition) is 0. The zero-order valence-corrected chi connectivity index (χ0v) is 9.86. The van der Waals surface area contributed by atoms with Crippen molar-refractivity contribution in [2.24, 2.45) is 0 Å². The Morgan fingerprint density at radius 2 is 1.33 bits per heavy atom. The summed E-state index contributed by atoms with van der Waals surface area (Å²) in [4.78, 5) is 10.9. The Balaban J connectivity index is 2.91. The van der Waals surface area contributed by atoms with Crippen molar-refractivity contribution in [2.45, 2.75) is 24.6 Å². The second-order valence-corrected chi connectivity index (χ2v) is 3.86. The largest absolute Gasteiger partial charge is 0.458 e. The summed E-state index contributed by atoms with van der Waals surface area (Å²) in [5.74, 6) is -3.86. The van der Waals surface area contributed by atoms with E-state index in [2.05, 4.69) is 4.74 Å². The molecule has 2 nitrogen and oxygen atoms in total. The molecular formula is C11H6F8O2. The van der Waals surface area contributed by atoms with Crippen LogP contribution in [-0.4, -0.2) is 24.0 Å². The van der Waals surface area contributed by atoms with E-state index in [-0.39, 0.29) is 5.56 Å². The highest BCUT2D eigenvalue weighted by molar-refractivity contribution is 5.81. The fraction of sp³-hybridized carbons (Fsp3) is 0.364. The summed E-state index contributed by atoms with van der Waals surface area (Å²) in [5, 5.41) is 0. The maximum atomic E-state index is 13.2. The molecule has 0 amide bonds. The van der Waals surface area contributed by atoms with Gasteiger partial charge in [0.05, 0.1) is 0 Å². The molecule has 0 aliphatic heterocycles. The van der Waals surface area contributed by atoms with Crippen LogP contribution in [0.4, 0.5) is 35.1 Å². The van der Waals surface area contributed by atoms with Gasteiger partial charge in [0.25, 0.3) is 0 Å². The predicted octanol–water partition coefficient (Wildman–Crippen LogP) is 3.70. The molecule has 0 bridgehead atoms. The molecule has 0 saturated carbocycles. The van der Waals surface area contributed by atoms with Crippen LogP contribution in [0.15, 0.2) is 24.3 Å². The number of rotatable bonds is 3. The average Bonchev–Trinajstić information content (AvgIpc) is 2.34. The SMILES string of the molecule is O=C(OCc1ccc(F)cc1)C(F)(C(F)(F)F)C(F)(F)F. The van der Waals surface area contributed by atoms with Gasteiger partial charge in [-0.3, -0.25) is 0 Å². The van der Waals surface area contributed by atoms with Crippen molar-refractivity contribution < 1.29 is 44.7 Å². The quantitative estimate of drug-likeness (QED) is 0.626. The third-order valence-corrected chi connectivity index (χ3v) is 2.35. The fourth-order valence-corrected chi connectivity index (χ4v) is 1.22. The van der Waals surface area contributed by atoms with Gasteiger partial charge in [0.15, 0.2) is 0 Å². The number of carbonyl (C=O) groups is 1. The maximum Gasteiger partial charge on any atom is 0.442 e. The van der Waals surface area contributed by atoms with Gasteiger partial charge in [-0.05, 0) is 17.7 Å². The maximum absolute atomic E-state index is 13.2. The second kappa shape index (κ2) is 5.49. The normalized spacial score (nSPS) is 13.1. The van der Waals surface area contributed by atoms with Crippen molar-refractivity contribution in [2.75, 3.05) is 0 Å². The summed E-state index contributed by atoms with van der Waals surface area (Å²) in [6.07, 6.45) is -13.0. The molecule has 1 aromatic carbocycles. The number of halogens is 8. The minimum Gasteiger partial charge on any atom is -0.458 e. The van der Waals surface area contributed by atoms with E-state index in [9.17, 15) is 39.9 Å². The van der Waals surface area contributed by atoms with Gasteiger partial charge < -0.3 is 4.74 Å². The molecule has 0 atom stereocenters. The molecule has 0 heterocycles. The Kier molecular flexibility index (Phi) is 4.49. The van der Waals surface area contributed by atoms with Gasteiger partial charge in [0.2, 0.25) is 0 Å². The number of alkyl halides is 7. The molecule has 21 heavy (non-hydrogen) atoms. The van der Waals surface area contributed by atoms with Crippen molar-refractivity contribution in [3.05, 3.63) is 35.6 Å². The van der Waals surface area contributed by atoms with Crippen LogP contribution in [0, 0.1) is 5.82 Å². The van der Waals surface area contributed by atoms with Crippen LogP contribution in [0.5, 0.6) is 0 Å². The molecule has 0 aliphatic carbocycles. The minimum absolute atomic E-state index is 0.114. The molecule has 1 aromatic rings. The van der Waals surface area contributed by atoms with Crippen molar-refractivity contribution in [1.82, 2.24) is 0 Å². The molecule has 0 radical (unpaired) electrons. The van der Waals surface area contributed by atoms with Gasteiger partial charge in [-0.15, -0.1) is 0 Å². The molecule has 0 fully saturated rings. The number of benzene rings is 1. The predicted molar refractivity (Wildman–Crippen MR) is 52.1 cm³/mol. The first-order valence-electron chi connectivity index (χ1n) is 5.13. The van der Waals surface area contributed by atoms with Crippen molar-refractivity contribution >= 4 is 5.97 Å². The van der Waals surface area contributed by atoms with E-state index < -0.39 is 36.4 Å². The number of carbonyl (C=O) groups excluding carboxylic acids is 1. The molecule has 0 N–H and O–H groups in total. The van der Waals surface area contributed by atoms with Gasteiger partial charge in [-0.25, -0.2) is 13.6 Å². The lowest BCUT2D eigenvalue weighted by molar-refractivity contribution is -0.333. The Bertz CT molecular complexity index is 488. The number of hydrogen-bond acceptors (Lipinski definition) is 2. The van der Waals surface area contributed by atoms with Crippen LogP contribution in [0.1, 0.15) is 5.56 Å². The zero-order chi connectivity index (χ0) is 16.5. The first-order chi connectivity index (χ1) is 9.39. The van der Waals surface area contributed by atoms with Crippen molar-refractivity contribution in [3.63, 3.8) is 0 Å². The molecule has 0 unspecified atom stereocenters. The van der Waals surface area contributed by atoms with Crippen LogP contribution >= 0.6 is 0 Å². The number of esters is 1. The summed E-state index contributed by atoms with van der Waals surface area (Å²) in [5.41, 5.74) is -6.24. The Morgan fingerprint density at radius 3 is 1.71 bits per heavy atom. The van der Waals surface area contributed by atoms with Crippen LogP contribution in [0.2, 0.25) is 0 Å². The lowest BCUT2D eigenvalue weighted by Gasteiger charge is -2.27. The summed E-state index contributed by atoms with van der Waals surface area (Å²) >= 11 is 0. The van der Waals surface area contributed by atoms with Crippen molar-refractivity contribution in [3.8, 4) is 0 Å². The second-order valence-electron chi connectivity index (χ2n) is 3.86. The third kappa shape index (κ3) is 3.42. The Morgan fingerprint density at radius 1 is 0.905 bits per heavy atom. The summed E-state index contributed by atoms with van der Waals surface area (Å²) in [6, 6.07) is 3.56. The highest BCUT2D eigenvalue weighted by Crippen LogP contribution is 2.47. The van der Waals surface area contributed by atoms with E-state index in [0.29, 0.717) is 0 Å². The molecule has 0 saturated heterocycles. The van der Waals surface area contributed by atoms with Gasteiger partial charge >= 0.3 is 24.0 Å². The zero-order valence-electron chi connectivity index (χ0n) is 9.86. The van der Waals surface area contributed by atoms with Crippen LogP contribution in [0.25, 0.3) is 0 Å². The van der Waals surface area contributed by atoms with E-state index in [1.807, 2.05) is 0 Å². The molecule has 118 valence electrons. The van der Waals surface area contributed by atoms with E-state index in [0.717, 1.165) is 24.3 Å². The van der Waals surface area contributed by atoms with Gasteiger partial charge in [0.1, 0.15) is 12.4 Å². The first kappa shape index (κ1) is 17.2. The monoisotopic (exact) mass is 322 g/mol. The summed E-state index contributed by atoms with van der Waals surface area (Å²) in [6.45, 7) is -1.07. The molecule has 10 heteroatoms. The van der Waals surface area contributed by atoms with E-state index in [4.69, 9.17) is 0 Å². The van der Waals surface area contributed by atoms with Crippen LogP contribution in [0.3, 0.4) is 0 Å². The summed E-state index contributed by atoms with van der Waals surface area (Å²) in [7, 11) is 0. The van der Waals surface area contributed by atoms with E-state index in [1.165, 1.54) is 0 Å². The Labute approximate surface area is 112 Å². The molecular weight excluding hydrogens is 316 g/mol. The average molecular weight is 322 g/mol. The smallest absolute Gasteiger partial charge is 0.442 e.